The highest BCUT2D eigenvalue weighted by molar-refractivity contribution is 5.91. The molecule has 4 aliphatic carbocycles. The van der Waals surface area contributed by atoms with E-state index < -0.39 is 0 Å². The molecule has 0 radical (unpaired) electrons. The lowest BCUT2D eigenvalue weighted by atomic mass is 9.44. The third kappa shape index (κ3) is 3.34. The van der Waals surface area contributed by atoms with Crippen molar-refractivity contribution in [1.82, 2.24) is 0 Å². The van der Waals surface area contributed by atoms with Gasteiger partial charge in [0.15, 0.2) is 5.78 Å². The molecular formula is C28H42O4. The fourth-order valence-corrected chi connectivity index (χ4v) is 8.81. The minimum absolute atomic E-state index is 0.00995. The van der Waals surface area contributed by atoms with Gasteiger partial charge in [-0.25, -0.2) is 0 Å². The van der Waals surface area contributed by atoms with Crippen molar-refractivity contribution in [2.24, 2.45) is 34.5 Å². The summed E-state index contributed by atoms with van der Waals surface area (Å²) in [5.41, 5.74) is 1.30. The maximum Gasteiger partial charge on any atom is 0.306 e. The molecule has 0 aromatic carbocycles. The predicted octanol–water partition coefficient (Wildman–Crippen LogP) is 6.03. The second-order valence-corrected chi connectivity index (χ2v) is 13.0. The summed E-state index contributed by atoms with van der Waals surface area (Å²) in [4.78, 5) is 24.6. The van der Waals surface area contributed by atoms with Crippen LogP contribution >= 0.6 is 0 Å². The van der Waals surface area contributed by atoms with Gasteiger partial charge >= 0.3 is 5.97 Å². The minimum atomic E-state index is -0.230. The molecule has 4 nitrogen and oxygen atoms in total. The molecule has 1 aliphatic heterocycles. The number of carbonyl (C=O) groups excluding carboxylic acids is 2. The summed E-state index contributed by atoms with van der Waals surface area (Å²) in [6, 6.07) is 0. The Balaban J connectivity index is 1.48. The summed E-state index contributed by atoms with van der Waals surface area (Å²) >= 11 is 0. The molecule has 1 saturated heterocycles. The molecule has 4 heteroatoms. The van der Waals surface area contributed by atoms with E-state index in [0.717, 1.165) is 45.1 Å². The maximum absolute atomic E-state index is 12.4. The molecule has 7 atom stereocenters. The van der Waals surface area contributed by atoms with E-state index >= 15 is 0 Å². The van der Waals surface area contributed by atoms with Crippen LogP contribution in [0.2, 0.25) is 0 Å². The molecule has 0 amide bonds. The van der Waals surface area contributed by atoms with E-state index in [2.05, 4.69) is 34.6 Å². The summed E-state index contributed by atoms with van der Waals surface area (Å²) in [6.07, 6.45) is 11.9. The summed E-state index contributed by atoms with van der Waals surface area (Å²) < 4.78 is 12.3. The molecule has 0 N–H and O–H groups in total. The zero-order chi connectivity index (χ0) is 22.9. The highest BCUT2D eigenvalue weighted by Crippen LogP contribution is 2.70. The number of hydrogen-bond acceptors (Lipinski definition) is 4. The second-order valence-electron chi connectivity index (χ2n) is 13.0. The highest BCUT2D eigenvalue weighted by Gasteiger charge is 2.68. The van der Waals surface area contributed by atoms with Gasteiger partial charge in [-0.15, -0.1) is 0 Å². The number of ketones is 1. The van der Waals surface area contributed by atoms with Gasteiger partial charge in [0.05, 0.1) is 5.60 Å². The van der Waals surface area contributed by atoms with Crippen LogP contribution in [0.5, 0.6) is 0 Å². The lowest BCUT2D eigenvalue weighted by molar-refractivity contribution is -0.171. The highest BCUT2D eigenvalue weighted by atomic mass is 16.6. The second kappa shape index (κ2) is 7.42. The first-order valence-corrected chi connectivity index (χ1v) is 13.1. The van der Waals surface area contributed by atoms with E-state index in [0.29, 0.717) is 42.3 Å². The van der Waals surface area contributed by atoms with Crippen LogP contribution < -0.4 is 0 Å². The average molecular weight is 443 g/mol. The van der Waals surface area contributed by atoms with Gasteiger partial charge in [-0.2, -0.15) is 0 Å². The molecule has 0 aromatic rings. The molecule has 178 valence electrons. The zero-order valence-corrected chi connectivity index (χ0v) is 20.8. The van der Waals surface area contributed by atoms with Crippen molar-refractivity contribution in [1.29, 1.82) is 0 Å². The number of esters is 1. The van der Waals surface area contributed by atoms with Crippen molar-refractivity contribution in [3.8, 4) is 0 Å². The Morgan fingerprint density at radius 1 is 1.03 bits per heavy atom. The van der Waals surface area contributed by atoms with E-state index in [1.807, 2.05) is 6.08 Å². The van der Waals surface area contributed by atoms with Gasteiger partial charge in [-0.05, 0) is 107 Å². The first-order chi connectivity index (χ1) is 15.0. The number of hydrogen-bond donors (Lipinski definition) is 0. The molecule has 3 saturated carbocycles. The van der Waals surface area contributed by atoms with Gasteiger partial charge in [0.1, 0.15) is 5.60 Å². The third-order valence-electron chi connectivity index (χ3n) is 10.5. The van der Waals surface area contributed by atoms with Gasteiger partial charge in [0.25, 0.3) is 0 Å². The Morgan fingerprint density at radius 2 is 1.78 bits per heavy atom. The molecular weight excluding hydrogens is 400 g/mol. The van der Waals surface area contributed by atoms with Gasteiger partial charge < -0.3 is 9.47 Å². The summed E-state index contributed by atoms with van der Waals surface area (Å²) in [6.45, 7) is 12.1. The standard InChI is InChI=1S/C28H42O4/c1-25(2,3)31-15-10-18-16-19-17-20(29)6-11-26(19,4)21-7-12-27(5)22(24(18)21)8-13-28(27)14-9-23(30)32-28/h17-18,21-22,24H,6-16H2,1-5H3/t18-,21?,22?,24?,26?,27?,28-/m1/s1. The maximum atomic E-state index is 12.4. The van der Waals surface area contributed by atoms with Crippen molar-refractivity contribution in [2.75, 3.05) is 6.61 Å². The summed E-state index contributed by atoms with van der Waals surface area (Å²) in [5, 5.41) is 0. The Hall–Kier alpha value is -1.16. The number of rotatable bonds is 3. The Morgan fingerprint density at radius 3 is 2.47 bits per heavy atom. The lowest BCUT2D eigenvalue weighted by Gasteiger charge is -2.61. The van der Waals surface area contributed by atoms with Crippen LogP contribution in [0, 0.1) is 34.5 Å². The Bertz CT molecular complexity index is 837. The molecule has 1 heterocycles. The third-order valence-corrected chi connectivity index (χ3v) is 10.5. The largest absolute Gasteiger partial charge is 0.458 e. The molecule has 4 fully saturated rings. The smallest absolute Gasteiger partial charge is 0.306 e. The molecule has 32 heavy (non-hydrogen) atoms. The number of allylic oxidation sites excluding steroid dienone is 1. The van der Waals surface area contributed by atoms with Crippen molar-refractivity contribution < 1.29 is 19.1 Å². The lowest BCUT2D eigenvalue weighted by Crippen LogP contribution is -2.57. The van der Waals surface area contributed by atoms with Crippen molar-refractivity contribution in [2.45, 2.75) is 110 Å². The molecule has 1 spiro atoms. The van der Waals surface area contributed by atoms with Crippen LogP contribution in [0.15, 0.2) is 11.6 Å². The molecule has 0 bridgehead atoms. The van der Waals surface area contributed by atoms with Gasteiger partial charge in [0.2, 0.25) is 0 Å². The van der Waals surface area contributed by atoms with E-state index in [4.69, 9.17) is 9.47 Å². The van der Waals surface area contributed by atoms with Crippen LogP contribution in [0.3, 0.4) is 0 Å². The van der Waals surface area contributed by atoms with Crippen LogP contribution in [-0.4, -0.2) is 29.6 Å². The SMILES string of the molecule is CC(C)(C)OCC[C@@H]1CC2=CC(=O)CCC2(C)C2CCC3(C)C(CC[C@@]34CCC(=O)O4)C21. The quantitative estimate of drug-likeness (QED) is 0.501. The first kappa shape index (κ1) is 22.6. The van der Waals surface area contributed by atoms with Crippen LogP contribution in [-0.2, 0) is 19.1 Å². The number of ether oxygens (including phenoxy) is 2. The molecule has 5 unspecified atom stereocenters. The fourth-order valence-electron chi connectivity index (χ4n) is 8.81. The topological polar surface area (TPSA) is 52.6 Å². The normalized spacial score (nSPS) is 45.8. The molecule has 0 aromatic heterocycles. The van der Waals surface area contributed by atoms with E-state index in [9.17, 15) is 9.59 Å². The number of fused-ring (bicyclic) bond motifs is 6. The van der Waals surface area contributed by atoms with Crippen molar-refractivity contribution >= 4 is 11.8 Å². The minimum Gasteiger partial charge on any atom is -0.458 e. The molecule has 5 rings (SSSR count). The van der Waals surface area contributed by atoms with E-state index in [1.165, 1.54) is 18.4 Å². The summed E-state index contributed by atoms with van der Waals surface area (Å²) in [7, 11) is 0. The van der Waals surface area contributed by atoms with Gasteiger partial charge in [-0.1, -0.05) is 19.4 Å². The zero-order valence-electron chi connectivity index (χ0n) is 20.8. The fraction of sp³-hybridized carbons (Fsp3) is 0.857. The number of carbonyl (C=O) groups is 2. The van der Waals surface area contributed by atoms with Crippen molar-refractivity contribution in [3.05, 3.63) is 11.6 Å². The van der Waals surface area contributed by atoms with Gasteiger partial charge in [0, 0.05) is 24.9 Å². The molecule has 5 aliphatic rings. The summed E-state index contributed by atoms with van der Waals surface area (Å²) in [5.74, 6) is 2.73. The van der Waals surface area contributed by atoms with E-state index in [1.54, 1.807) is 0 Å². The van der Waals surface area contributed by atoms with Crippen molar-refractivity contribution in [3.63, 3.8) is 0 Å². The average Bonchev–Trinajstić information content (AvgIpc) is 3.22. The Labute approximate surface area is 193 Å². The van der Waals surface area contributed by atoms with Crippen LogP contribution in [0.1, 0.15) is 98.8 Å². The van der Waals surface area contributed by atoms with Crippen LogP contribution in [0.25, 0.3) is 0 Å². The monoisotopic (exact) mass is 442 g/mol. The Kier molecular flexibility index (Phi) is 5.24. The van der Waals surface area contributed by atoms with Gasteiger partial charge in [-0.3, -0.25) is 9.59 Å². The van der Waals surface area contributed by atoms with E-state index in [-0.39, 0.29) is 28.0 Å². The predicted molar refractivity (Wildman–Crippen MR) is 124 cm³/mol. The van der Waals surface area contributed by atoms with Crippen LogP contribution in [0.4, 0.5) is 0 Å². The first-order valence-electron chi connectivity index (χ1n) is 13.1.